The Morgan fingerprint density at radius 3 is 3.00 bits per heavy atom. The third kappa shape index (κ3) is 1.74. The summed E-state index contributed by atoms with van der Waals surface area (Å²) in [5, 5.41) is 4.38. The lowest BCUT2D eigenvalue weighted by molar-refractivity contribution is -0.0121. The molecule has 3 heterocycles. The second kappa shape index (κ2) is 3.96. The molecule has 6 heteroatoms. The van der Waals surface area contributed by atoms with Gasteiger partial charge in [-0.2, -0.15) is 5.10 Å². The van der Waals surface area contributed by atoms with Gasteiger partial charge in [0.15, 0.2) is 5.69 Å². The minimum absolute atomic E-state index is 0.0197. The van der Waals surface area contributed by atoms with Gasteiger partial charge in [-0.3, -0.25) is 4.79 Å². The number of rotatable bonds is 1. The number of ether oxygens (including phenoxy) is 2. The summed E-state index contributed by atoms with van der Waals surface area (Å²) in [5.74, 6) is 0.735. The molecule has 1 saturated heterocycles. The van der Waals surface area contributed by atoms with Crippen LogP contribution in [-0.4, -0.2) is 52.5 Å². The van der Waals surface area contributed by atoms with Gasteiger partial charge in [0.25, 0.3) is 5.91 Å². The number of hydrogen-bond donors (Lipinski definition) is 0. The van der Waals surface area contributed by atoms with Crippen LogP contribution in [0.2, 0.25) is 0 Å². The van der Waals surface area contributed by atoms with E-state index < -0.39 is 0 Å². The van der Waals surface area contributed by atoms with E-state index in [0.717, 1.165) is 25.8 Å². The maximum atomic E-state index is 12.6. The predicted molar refractivity (Wildman–Crippen MR) is 66.2 cm³/mol. The van der Waals surface area contributed by atoms with Crippen LogP contribution in [0.5, 0.6) is 5.88 Å². The molecular weight excluding hydrogens is 246 g/mol. The molecule has 19 heavy (non-hydrogen) atoms. The molecule has 0 bridgehead atoms. The first-order valence-corrected chi connectivity index (χ1v) is 6.89. The highest BCUT2D eigenvalue weighted by Gasteiger charge is 2.52. The first-order valence-electron chi connectivity index (χ1n) is 6.89. The van der Waals surface area contributed by atoms with E-state index in [0.29, 0.717) is 37.9 Å². The molecule has 6 nitrogen and oxygen atoms in total. The van der Waals surface area contributed by atoms with Crippen molar-refractivity contribution in [2.45, 2.75) is 31.3 Å². The van der Waals surface area contributed by atoms with Crippen LogP contribution in [0.4, 0.5) is 0 Å². The van der Waals surface area contributed by atoms with Crippen molar-refractivity contribution >= 4 is 5.91 Å². The van der Waals surface area contributed by atoms with E-state index in [4.69, 9.17) is 9.47 Å². The van der Waals surface area contributed by atoms with Gasteiger partial charge in [0.1, 0.15) is 0 Å². The third-order valence-corrected chi connectivity index (χ3v) is 4.20. The predicted octanol–water partition coefficient (Wildman–Crippen LogP) is 0.671. The maximum absolute atomic E-state index is 12.6. The molecule has 0 N–H and O–H groups in total. The Labute approximate surface area is 111 Å². The monoisotopic (exact) mass is 263 g/mol. The zero-order valence-corrected chi connectivity index (χ0v) is 10.8. The summed E-state index contributed by atoms with van der Waals surface area (Å²) < 4.78 is 12.8. The van der Waals surface area contributed by atoms with Crippen molar-refractivity contribution in [3.05, 3.63) is 11.8 Å². The molecule has 0 radical (unpaired) electrons. The van der Waals surface area contributed by atoms with Crippen LogP contribution >= 0.6 is 0 Å². The zero-order valence-electron chi connectivity index (χ0n) is 10.8. The second-order valence-electron chi connectivity index (χ2n) is 5.53. The highest BCUT2D eigenvalue weighted by molar-refractivity contribution is 5.93. The van der Waals surface area contributed by atoms with Crippen LogP contribution in [0.15, 0.2) is 6.07 Å². The molecule has 102 valence electrons. The van der Waals surface area contributed by atoms with Crippen LogP contribution < -0.4 is 4.74 Å². The average molecular weight is 263 g/mol. The number of aryl methyl sites for hydroxylation is 1. The molecule has 2 aliphatic heterocycles. The number of aromatic nitrogens is 2. The highest BCUT2D eigenvalue weighted by atomic mass is 16.5. The fourth-order valence-corrected chi connectivity index (χ4v) is 2.92. The summed E-state index contributed by atoms with van der Waals surface area (Å²) in [6.07, 6.45) is 3.04. The lowest BCUT2D eigenvalue weighted by Crippen LogP contribution is -2.50. The molecule has 0 unspecified atom stereocenters. The Hall–Kier alpha value is -1.56. The highest BCUT2D eigenvalue weighted by Crippen LogP contribution is 2.44. The fraction of sp³-hybridized carbons (Fsp3) is 0.692. The molecular formula is C13H17N3O3. The van der Waals surface area contributed by atoms with Crippen molar-refractivity contribution in [2.75, 3.05) is 26.4 Å². The van der Waals surface area contributed by atoms with Gasteiger partial charge in [-0.25, -0.2) is 4.68 Å². The number of nitrogens with zero attached hydrogens (tertiary/aromatic N) is 3. The normalized spacial score (nSPS) is 23.9. The smallest absolute Gasteiger partial charge is 0.275 e. The van der Waals surface area contributed by atoms with Crippen molar-refractivity contribution in [1.29, 1.82) is 0 Å². The van der Waals surface area contributed by atoms with Gasteiger partial charge in [0.05, 0.1) is 25.4 Å². The average Bonchev–Trinajstić information content (AvgIpc) is 3.06. The fourth-order valence-electron chi connectivity index (χ4n) is 2.92. The number of carbonyl (C=O) groups excluding carboxylic acids is 1. The lowest BCUT2D eigenvalue weighted by atomic mass is 10.2. The molecule has 4 rings (SSSR count). The lowest BCUT2D eigenvalue weighted by Gasteiger charge is -2.35. The van der Waals surface area contributed by atoms with Crippen molar-refractivity contribution in [2.24, 2.45) is 0 Å². The summed E-state index contributed by atoms with van der Waals surface area (Å²) in [4.78, 5) is 14.6. The van der Waals surface area contributed by atoms with Crippen molar-refractivity contribution < 1.29 is 14.3 Å². The van der Waals surface area contributed by atoms with Gasteiger partial charge >= 0.3 is 0 Å². The van der Waals surface area contributed by atoms with E-state index >= 15 is 0 Å². The summed E-state index contributed by atoms with van der Waals surface area (Å²) in [5.41, 5.74) is 0.463. The van der Waals surface area contributed by atoms with E-state index in [2.05, 4.69) is 5.10 Å². The second-order valence-corrected chi connectivity index (χ2v) is 5.53. The summed E-state index contributed by atoms with van der Waals surface area (Å²) in [7, 11) is 0. The Morgan fingerprint density at radius 1 is 1.32 bits per heavy atom. The van der Waals surface area contributed by atoms with Gasteiger partial charge < -0.3 is 14.4 Å². The molecule has 1 aromatic heterocycles. The molecule has 1 aliphatic carbocycles. The van der Waals surface area contributed by atoms with Crippen LogP contribution in [-0.2, 0) is 11.3 Å². The Kier molecular flexibility index (Phi) is 2.35. The summed E-state index contributed by atoms with van der Waals surface area (Å²) in [6, 6.07) is 1.77. The minimum Gasteiger partial charge on any atom is -0.478 e. The Balaban J connectivity index is 1.61. The van der Waals surface area contributed by atoms with Crippen LogP contribution in [0.1, 0.15) is 29.8 Å². The molecule has 1 amide bonds. The Bertz CT molecular complexity index is 498. The van der Waals surface area contributed by atoms with Crippen LogP contribution in [0.25, 0.3) is 0 Å². The van der Waals surface area contributed by atoms with Crippen molar-refractivity contribution in [3.8, 4) is 5.88 Å². The summed E-state index contributed by atoms with van der Waals surface area (Å²) in [6.45, 7) is 3.50. The van der Waals surface area contributed by atoms with E-state index in [1.807, 2.05) is 4.90 Å². The van der Waals surface area contributed by atoms with E-state index in [-0.39, 0.29) is 11.4 Å². The largest absolute Gasteiger partial charge is 0.478 e. The van der Waals surface area contributed by atoms with Gasteiger partial charge in [-0.1, -0.05) is 0 Å². The zero-order chi connectivity index (χ0) is 12.9. The van der Waals surface area contributed by atoms with Gasteiger partial charge in [-0.05, 0) is 12.8 Å². The van der Waals surface area contributed by atoms with Crippen LogP contribution in [0.3, 0.4) is 0 Å². The van der Waals surface area contributed by atoms with Crippen molar-refractivity contribution in [1.82, 2.24) is 14.7 Å². The van der Waals surface area contributed by atoms with Gasteiger partial charge in [0, 0.05) is 25.6 Å². The van der Waals surface area contributed by atoms with E-state index in [1.165, 1.54) is 0 Å². The van der Waals surface area contributed by atoms with Gasteiger partial charge in [0.2, 0.25) is 5.88 Å². The maximum Gasteiger partial charge on any atom is 0.275 e. The molecule has 1 spiro atoms. The topological polar surface area (TPSA) is 56.6 Å². The standard InChI is InChI=1S/C13H17N3O3/c17-12(15-5-7-18-9-13(15)2-3-13)10-8-11-16(14-10)4-1-6-19-11/h8H,1-7,9H2. The van der Waals surface area contributed by atoms with Gasteiger partial charge in [-0.15, -0.1) is 0 Å². The van der Waals surface area contributed by atoms with E-state index in [1.54, 1.807) is 10.7 Å². The quantitative estimate of drug-likeness (QED) is 0.747. The molecule has 0 aromatic carbocycles. The molecule has 2 fully saturated rings. The molecule has 3 aliphatic rings. The van der Waals surface area contributed by atoms with E-state index in [9.17, 15) is 4.79 Å². The number of fused-ring (bicyclic) bond motifs is 1. The number of carbonyl (C=O) groups is 1. The summed E-state index contributed by atoms with van der Waals surface area (Å²) >= 11 is 0. The molecule has 1 saturated carbocycles. The van der Waals surface area contributed by atoms with Crippen LogP contribution in [0, 0.1) is 0 Å². The number of amides is 1. The SMILES string of the molecule is O=C(c1cc2n(n1)CCCO2)N1CCOCC12CC2. The minimum atomic E-state index is -0.0414. The molecule has 1 aromatic rings. The van der Waals surface area contributed by atoms with Crippen molar-refractivity contribution in [3.63, 3.8) is 0 Å². The number of hydrogen-bond acceptors (Lipinski definition) is 4. The first-order chi connectivity index (χ1) is 9.28. The third-order valence-electron chi connectivity index (χ3n) is 4.20. The number of morpholine rings is 1. The first kappa shape index (κ1) is 11.3. The molecule has 0 atom stereocenters. The Morgan fingerprint density at radius 2 is 2.21 bits per heavy atom.